The van der Waals surface area contributed by atoms with Crippen LogP contribution < -0.4 is 11.1 Å². The quantitative estimate of drug-likeness (QED) is 0.614. The van der Waals surface area contributed by atoms with Gasteiger partial charge in [-0.2, -0.15) is 0 Å². The SMILES string of the molecule is CN(CCC(N)=O)C(=O)C1CCCN1. The molecule has 0 aromatic carbocycles. The maximum absolute atomic E-state index is 11.7. The number of amides is 2. The lowest BCUT2D eigenvalue weighted by Gasteiger charge is -2.20. The Morgan fingerprint density at radius 2 is 2.29 bits per heavy atom. The lowest BCUT2D eigenvalue weighted by molar-refractivity contribution is -0.132. The number of hydrogen-bond donors (Lipinski definition) is 2. The van der Waals surface area contributed by atoms with Crippen LogP contribution in [0.3, 0.4) is 0 Å². The molecule has 1 rings (SSSR count). The third-order valence-electron chi connectivity index (χ3n) is 2.43. The van der Waals surface area contributed by atoms with Crippen molar-refractivity contribution in [3.63, 3.8) is 0 Å². The van der Waals surface area contributed by atoms with E-state index in [1.165, 1.54) is 0 Å². The second kappa shape index (κ2) is 4.95. The van der Waals surface area contributed by atoms with Gasteiger partial charge in [0.25, 0.3) is 0 Å². The first kappa shape index (κ1) is 11.0. The number of nitrogens with one attached hydrogen (secondary N) is 1. The molecule has 0 saturated carbocycles. The molecular weight excluding hydrogens is 182 g/mol. The number of likely N-dealkylation sites (N-methyl/N-ethyl adjacent to an activating group) is 1. The van der Waals surface area contributed by atoms with Gasteiger partial charge in [-0.3, -0.25) is 9.59 Å². The van der Waals surface area contributed by atoms with Crippen molar-refractivity contribution >= 4 is 11.8 Å². The van der Waals surface area contributed by atoms with Crippen LogP contribution in [0.1, 0.15) is 19.3 Å². The number of primary amides is 1. The highest BCUT2D eigenvalue weighted by atomic mass is 16.2. The Balaban J connectivity index is 2.31. The Morgan fingerprint density at radius 3 is 2.79 bits per heavy atom. The van der Waals surface area contributed by atoms with Gasteiger partial charge in [0.05, 0.1) is 6.04 Å². The fourth-order valence-corrected chi connectivity index (χ4v) is 1.55. The Hall–Kier alpha value is -1.10. The summed E-state index contributed by atoms with van der Waals surface area (Å²) in [4.78, 5) is 23.7. The normalized spacial score (nSPS) is 20.8. The number of hydrogen-bond acceptors (Lipinski definition) is 3. The fourth-order valence-electron chi connectivity index (χ4n) is 1.55. The maximum Gasteiger partial charge on any atom is 0.239 e. The molecule has 14 heavy (non-hydrogen) atoms. The second-order valence-electron chi connectivity index (χ2n) is 3.63. The van der Waals surface area contributed by atoms with Crippen molar-refractivity contribution in [1.82, 2.24) is 10.2 Å². The zero-order chi connectivity index (χ0) is 10.6. The predicted octanol–water partition coefficient (Wildman–Crippen LogP) is -0.928. The van der Waals surface area contributed by atoms with E-state index in [0.29, 0.717) is 6.54 Å². The zero-order valence-electron chi connectivity index (χ0n) is 8.45. The smallest absolute Gasteiger partial charge is 0.239 e. The Bertz CT molecular complexity index is 224. The molecule has 0 bridgehead atoms. The van der Waals surface area contributed by atoms with E-state index < -0.39 is 0 Å². The molecule has 0 aliphatic carbocycles. The van der Waals surface area contributed by atoms with Crippen molar-refractivity contribution in [2.45, 2.75) is 25.3 Å². The predicted molar refractivity (Wildman–Crippen MR) is 52.5 cm³/mol. The van der Waals surface area contributed by atoms with E-state index in [-0.39, 0.29) is 24.3 Å². The monoisotopic (exact) mass is 199 g/mol. The molecule has 0 spiro atoms. The molecule has 1 aliphatic rings. The highest BCUT2D eigenvalue weighted by Gasteiger charge is 2.24. The summed E-state index contributed by atoms with van der Waals surface area (Å²) in [5, 5.41) is 3.12. The minimum Gasteiger partial charge on any atom is -0.370 e. The zero-order valence-corrected chi connectivity index (χ0v) is 8.45. The Labute approximate surface area is 83.6 Å². The van der Waals surface area contributed by atoms with E-state index in [0.717, 1.165) is 19.4 Å². The summed E-state index contributed by atoms with van der Waals surface area (Å²) in [5.41, 5.74) is 5.00. The van der Waals surface area contributed by atoms with Crippen LogP contribution >= 0.6 is 0 Å². The average molecular weight is 199 g/mol. The number of nitrogens with zero attached hydrogens (tertiary/aromatic N) is 1. The standard InChI is InChI=1S/C9H17N3O2/c1-12(6-4-8(10)13)9(14)7-3-2-5-11-7/h7,11H,2-6H2,1H3,(H2,10,13). The van der Waals surface area contributed by atoms with Crippen LogP contribution in [0.2, 0.25) is 0 Å². The van der Waals surface area contributed by atoms with Gasteiger partial charge in [-0.15, -0.1) is 0 Å². The van der Waals surface area contributed by atoms with Gasteiger partial charge in [0, 0.05) is 20.0 Å². The summed E-state index contributed by atoms with van der Waals surface area (Å²) >= 11 is 0. The minimum absolute atomic E-state index is 0.0590. The number of carbonyl (C=O) groups is 2. The molecule has 80 valence electrons. The van der Waals surface area contributed by atoms with Gasteiger partial charge >= 0.3 is 0 Å². The van der Waals surface area contributed by atoms with Crippen molar-refractivity contribution in [2.24, 2.45) is 5.73 Å². The summed E-state index contributed by atoms with van der Waals surface area (Å²) in [6, 6.07) is -0.0622. The van der Waals surface area contributed by atoms with Crippen LogP contribution in [-0.2, 0) is 9.59 Å². The highest BCUT2D eigenvalue weighted by Crippen LogP contribution is 2.07. The maximum atomic E-state index is 11.7. The van der Waals surface area contributed by atoms with E-state index >= 15 is 0 Å². The van der Waals surface area contributed by atoms with Crippen LogP contribution in [0.4, 0.5) is 0 Å². The summed E-state index contributed by atoms with van der Waals surface area (Å²) in [5.74, 6) is -0.312. The fraction of sp³-hybridized carbons (Fsp3) is 0.778. The summed E-state index contributed by atoms with van der Waals surface area (Å²) in [7, 11) is 1.70. The lowest BCUT2D eigenvalue weighted by atomic mass is 10.2. The minimum atomic E-state index is -0.371. The average Bonchev–Trinajstić information content (AvgIpc) is 2.65. The van der Waals surface area contributed by atoms with Crippen LogP contribution in [0, 0.1) is 0 Å². The number of nitrogens with two attached hydrogens (primary N) is 1. The van der Waals surface area contributed by atoms with Crippen molar-refractivity contribution in [3.05, 3.63) is 0 Å². The van der Waals surface area contributed by atoms with Crippen molar-refractivity contribution in [1.29, 1.82) is 0 Å². The molecule has 0 aromatic rings. The number of carbonyl (C=O) groups excluding carboxylic acids is 2. The topological polar surface area (TPSA) is 75.4 Å². The Morgan fingerprint density at radius 1 is 1.57 bits per heavy atom. The first-order chi connectivity index (χ1) is 6.61. The van der Waals surface area contributed by atoms with Crippen molar-refractivity contribution < 1.29 is 9.59 Å². The van der Waals surface area contributed by atoms with Crippen LogP contribution in [0.15, 0.2) is 0 Å². The molecule has 0 aromatic heterocycles. The van der Waals surface area contributed by atoms with Crippen molar-refractivity contribution in [2.75, 3.05) is 20.1 Å². The summed E-state index contributed by atoms with van der Waals surface area (Å²) in [6.45, 7) is 1.31. The van der Waals surface area contributed by atoms with E-state index in [1.54, 1.807) is 11.9 Å². The molecule has 1 heterocycles. The first-order valence-electron chi connectivity index (χ1n) is 4.88. The lowest BCUT2D eigenvalue weighted by Crippen LogP contribution is -2.42. The Kier molecular flexibility index (Phi) is 3.88. The molecular formula is C9H17N3O2. The van der Waals surface area contributed by atoms with Crippen LogP contribution in [-0.4, -0.2) is 42.9 Å². The molecule has 5 nitrogen and oxygen atoms in total. The molecule has 3 N–H and O–H groups in total. The van der Waals surface area contributed by atoms with Gasteiger partial charge < -0.3 is 16.0 Å². The molecule has 1 saturated heterocycles. The first-order valence-corrected chi connectivity index (χ1v) is 4.88. The summed E-state index contributed by atoms with van der Waals surface area (Å²) < 4.78 is 0. The number of rotatable bonds is 4. The van der Waals surface area contributed by atoms with Crippen molar-refractivity contribution in [3.8, 4) is 0 Å². The third kappa shape index (κ3) is 2.99. The van der Waals surface area contributed by atoms with E-state index in [9.17, 15) is 9.59 Å². The second-order valence-corrected chi connectivity index (χ2v) is 3.63. The van der Waals surface area contributed by atoms with E-state index in [1.807, 2.05) is 0 Å². The molecule has 1 aliphatic heterocycles. The molecule has 1 atom stereocenters. The third-order valence-corrected chi connectivity index (χ3v) is 2.43. The molecule has 5 heteroatoms. The van der Waals surface area contributed by atoms with Gasteiger partial charge in [-0.25, -0.2) is 0 Å². The van der Waals surface area contributed by atoms with Gasteiger partial charge in [-0.1, -0.05) is 0 Å². The van der Waals surface area contributed by atoms with Crippen LogP contribution in [0.25, 0.3) is 0 Å². The molecule has 0 radical (unpaired) electrons. The molecule has 1 unspecified atom stereocenters. The van der Waals surface area contributed by atoms with Gasteiger partial charge in [0.1, 0.15) is 0 Å². The van der Waals surface area contributed by atoms with Gasteiger partial charge in [0.15, 0.2) is 0 Å². The van der Waals surface area contributed by atoms with E-state index in [2.05, 4.69) is 5.32 Å². The molecule has 2 amide bonds. The van der Waals surface area contributed by atoms with Gasteiger partial charge in [0.2, 0.25) is 11.8 Å². The van der Waals surface area contributed by atoms with E-state index in [4.69, 9.17) is 5.73 Å². The highest BCUT2D eigenvalue weighted by molar-refractivity contribution is 5.82. The summed E-state index contributed by atoms with van der Waals surface area (Å²) in [6.07, 6.45) is 2.16. The van der Waals surface area contributed by atoms with Crippen LogP contribution in [0.5, 0.6) is 0 Å². The molecule has 1 fully saturated rings. The largest absolute Gasteiger partial charge is 0.370 e. The van der Waals surface area contributed by atoms with Gasteiger partial charge in [-0.05, 0) is 19.4 Å².